The smallest absolute Gasteiger partial charge is 0.320 e. The van der Waals surface area contributed by atoms with Crippen molar-refractivity contribution in [2.75, 3.05) is 19.7 Å². The molecule has 0 bridgehead atoms. The number of hydrogen-bond acceptors (Lipinski definition) is 3. The summed E-state index contributed by atoms with van der Waals surface area (Å²) < 4.78 is 5.06. The molecule has 1 fully saturated rings. The predicted octanol–water partition coefficient (Wildman–Crippen LogP) is 2.71. The van der Waals surface area contributed by atoms with Gasteiger partial charge in [0.05, 0.1) is 13.2 Å². The number of rotatable bonds is 7. The maximum atomic E-state index is 11.7. The van der Waals surface area contributed by atoms with Crippen LogP contribution >= 0.6 is 0 Å². The van der Waals surface area contributed by atoms with Gasteiger partial charge in [0, 0.05) is 13.1 Å². The van der Waals surface area contributed by atoms with E-state index in [1.54, 1.807) is 0 Å². The summed E-state index contributed by atoms with van der Waals surface area (Å²) in [4.78, 5) is 13.9. The van der Waals surface area contributed by atoms with Gasteiger partial charge in [0.1, 0.15) is 0 Å². The van der Waals surface area contributed by atoms with Gasteiger partial charge in [-0.2, -0.15) is 0 Å². The average Bonchev–Trinajstić information content (AvgIpc) is 3.06. The van der Waals surface area contributed by atoms with Gasteiger partial charge in [-0.15, -0.1) is 0 Å². The summed E-state index contributed by atoms with van der Waals surface area (Å²) in [5.74, 6) is 1.44. The molecule has 0 amide bonds. The summed E-state index contributed by atoms with van der Waals surface area (Å²) in [6.07, 6.45) is 1.29. The van der Waals surface area contributed by atoms with Crippen molar-refractivity contribution in [3.63, 3.8) is 0 Å². The van der Waals surface area contributed by atoms with Crippen LogP contribution in [0, 0.1) is 11.8 Å². The van der Waals surface area contributed by atoms with E-state index in [4.69, 9.17) is 4.74 Å². The largest absolute Gasteiger partial charge is 0.465 e. The first-order valence-corrected chi connectivity index (χ1v) is 7.11. The second-order valence-corrected chi connectivity index (χ2v) is 5.43. The molecule has 3 heteroatoms. The lowest BCUT2D eigenvalue weighted by Crippen LogP contribution is -2.32. The van der Waals surface area contributed by atoms with Gasteiger partial charge < -0.3 is 4.74 Å². The summed E-state index contributed by atoms with van der Waals surface area (Å²) in [5, 5.41) is 0. The fourth-order valence-corrected chi connectivity index (χ4v) is 2.40. The van der Waals surface area contributed by atoms with Gasteiger partial charge in [-0.05, 0) is 30.7 Å². The van der Waals surface area contributed by atoms with E-state index in [-0.39, 0.29) is 5.97 Å². The van der Waals surface area contributed by atoms with Crippen molar-refractivity contribution in [3.05, 3.63) is 35.9 Å². The van der Waals surface area contributed by atoms with Gasteiger partial charge in [-0.25, -0.2) is 0 Å². The first-order chi connectivity index (χ1) is 9.19. The summed E-state index contributed by atoms with van der Waals surface area (Å²) >= 11 is 0. The number of carbonyl (C=O) groups is 1. The molecule has 0 N–H and O–H groups in total. The molecule has 0 aliphatic heterocycles. The maximum Gasteiger partial charge on any atom is 0.320 e. The van der Waals surface area contributed by atoms with Crippen molar-refractivity contribution in [1.82, 2.24) is 4.90 Å². The highest BCUT2D eigenvalue weighted by molar-refractivity contribution is 5.71. The molecule has 0 radical (unpaired) electrons. The monoisotopic (exact) mass is 261 g/mol. The van der Waals surface area contributed by atoms with E-state index < -0.39 is 0 Å². The van der Waals surface area contributed by atoms with Crippen LogP contribution in [0.4, 0.5) is 0 Å². The molecule has 19 heavy (non-hydrogen) atoms. The highest BCUT2D eigenvalue weighted by Gasteiger charge is 2.34. The van der Waals surface area contributed by atoms with Gasteiger partial charge in [-0.3, -0.25) is 9.69 Å². The summed E-state index contributed by atoms with van der Waals surface area (Å²) in [7, 11) is 0. The Balaban J connectivity index is 1.91. The number of hydrogen-bond donors (Lipinski definition) is 0. The quantitative estimate of drug-likeness (QED) is 0.707. The van der Waals surface area contributed by atoms with Crippen LogP contribution in [0.15, 0.2) is 30.3 Å². The Hall–Kier alpha value is -1.35. The van der Waals surface area contributed by atoms with Crippen LogP contribution in [0.3, 0.4) is 0 Å². The molecule has 104 valence electrons. The van der Waals surface area contributed by atoms with Crippen LogP contribution < -0.4 is 0 Å². The number of benzene rings is 1. The third-order valence-corrected chi connectivity index (χ3v) is 3.68. The molecule has 1 aromatic carbocycles. The molecule has 0 spiro atoms. The first kappa shape index (κ1) is 14.1. The second kappa shape index (κ2) is 6.71. The van der Waals surface area contributed by atoms with Crippen molar-refractivity contribution in [2.45, 2.75) is 26.8 Å². The number of carbonyl (C=O) groups excluding carboxylic acids is 1. The molecule has 1 saturated carbocycles. The normalized spacial score (nSPS) is 21.4. The van der Waals surface area contributed by atoms with E-state index in [1.165, 1.54) is 12.0 Å². The van der Waals surface area contributed by atoms with E-state index in [2.05, 4.69) is 24.0 Å². The molecule has 1 aromatic rings. The zero-order valence-electron chi connectivity index (χ0n) is 11.8. The molecule has 0 heterocycles. The highest BCUT2D eigenvalue weighted by Crippen LogP contribution is 2.38. The van der Waals surface area contributed by atoms with Crippen LogP contribution in [0.25, 0.3) is 0 Å². The van der Waals surface area contributed by atoms with Gasteiger partial charge in [0.25, 0.3) is 0 Å². The molecule has 0 unspecified atom stereocenters. The Kier molecular flexibility index (Phi) is 4.97. The van der Waals surface area contributed by atoms with E-state index in [9.17, 15) is 4.79 Å². The third kappa shape index (κ3) is 4.67. The standard InChI is InChI=1S/C16H23NO2/c1-3-19-16(18)12-17(11-15-9-13(15)2)10-14-7-5-4-6-8-14/h4-8,13,15H,3,9-12H2,1-2H3/t13-,15+/m1/s1. The summed E-state index contributed by atoms with van der Waals surface area (Å²) in [6.45, 7) is 6.79. The highest BCUT2D eigenvalue weighted by atomic mass is 16.5. The lowest BCUT2D eigenvalue weighted by atomic mass is 10.2. The van der Waals surface area contributed by atoms with Gasteiger partial charge >= 0.3 is 5.97 Å². The summed E-state index contributed by atoms with van der Waals surface area (Å²) in [6, 6.07) is 10.3. The Bertz CT molecular complexity index is 404. The minimum Gasteiger partial charge on any atom is -0.465 e. The van der Waals surface area contributed by atoms with Crippen molar-refractivity contribution in [2.24, 2.45) is 11.8 Å². The second-order valence-electron chi connectivity index (χ2n) is 5.43. The lowest BCUT2D eigenvalue weighted by molar-refractivity contribution is -0.144. The van der Waals surface area contributed by atoms with Crippen molar-refractivity contribution in [3.8, 4) is 0 Å². The first-order valence-electron chi connectivity index (χ1n) is 7.11. The molecule has 2 atom stereocenters. The van der Waals surface area contributed by atoms with E-state index in [0.717, 1.165) is 24.9 Å². The summed E-state index contributed by atoms with van der Waals surface area (Å²) in [5.41, 5.74) is 1.25. The van der Waals surface area contributed by atoms with Gasteiger partial charge in [-0.1, -0.05) is 37.3 Å². The van der Waals surface area contributed by atoms with Crippen molar-refractivity contribution < 1.29 is 9.53 Å². The molecule has 1 aliphatic rings. The van der Waals surface area contributed by atoms with Crippen LogP contribution in [0.1, 0.15) is 25.8 Å². The zero-order chi connectivity index (χ0) is 13.7. The maximum absolute atomic E-state index is 11.7. The van der Waals surface area contributed by atoms with Crippen LogP contribution in [0.5, 0.6) is 0 Å². The molecule has 1 aliphatic carbocycles. The topological polar surface area (TPSA) is 29.5 Å². The molecule has 0 aromatic heterocycles. The predicted molar refractivity (Wildman–Crippen MR) is 75.6 cm³/mol. The molecule has 2 rings (SSSR count). The lowest BCUT2D eigenvalue weighted by Gasteiger charge is -2.21. The fourth-order valence-electron chi connectivity index (χ4n) is 2.40. The Morgan fingerprint density at radius 3 is 2.63 bits per heavy atom. The molecule has 0 saturated heterocycles. The van der Waals surface area contributed by atoms with Gasteiger partial charge in [0.2, 0.25) is 0 Å². The van der Waals surface area contributed by atoms with E-state index in [0.29, 0.717) is 13.2 Å². The SMILES string of the molecule is CCOC(=O)CN(Cc1ccccc1)C[C@@H]1C[C@H]1C. The van der Waals surface area contributed by atoms with Gasteiger partial charge in [0.15, 0.2) is 0 Å². The fraction of sp³-hybridized carbons (Fsp3) is 0.562. The van der Waals surface area contributed by atoms with E-state index >= 15 is 0 Å². The van der Waals surface area contributed by atoms with Crippen LogP contribution in [0.2, 0.25) is 0 Å². The van der Waals surface area contributed by atoms with Crippen LogP contribution in [-0.2, 0) is 16.1 Å². The average molecular weight is 261 g/mol. The number of esters is 1. The Morgan fingerprint density at radius 2 is 2.05 bits per heavy atom. The minimum atomic E-state index is -0.119. The third-order valence-electron chi connectivity index (χ3n) is 3.68. The van der Waals surface area contributed by atoms with E-state index in [1.807, 2.05) is 25.1 Å². The molecule has 3 nitrogen and oxygen atoms in total. The minimum absolute atomic E-state index is 0.119. The molecular formula is C16H23NO2. The molecular weight excluding hydrogens is 238 g/mol. The van der Waals surface area contributed by atoms with Crippen molar-refractivity contribution >= 4 is 5.97 Å². The Morgan fingerprint density at radius 1 is 1.37 bits per heavy atom. The van der Waals surface area contributed by atoms with Crippen molar-refractivity contribution in [1.29, 1.82) is 0 Å². The zero-order valence-corrected chi connectivity index (χ0v) is 11.8. The van der Waals surface area contributed by atoms with Crippen LogP contribution in [-0.4, -0.2) is 30.6 Å². The number of nitrogens with zero attached hydrogens (tertiary/aromatic N) is 1. The number of ether oxygens (including phenoxy) is 1. The Labute approximate surface area is 115 Å².